The SMILES string of the molecule is CN1CC(c2ccc(C(=O)NC(C)(C)C)cc2)CCC1=O. The highest BCUT2D eigenvalue weighted by atomic mass is 16.2. The number of likely N-dealkylation sites (tertiary alicyclic amines) is 1. The van der Waals surface area contributed by atoms with Crippen LogP contribution in [-0.2, 0) is 4.79 Å². The number of piperidine rings is 1. The van der Waals surface area contributed by atoms with E-state index >= 15 is 0 Å². The van der Waals surface area contributed by atoms with Crippen molar-refractivity contribution in [2.24, 2.45) is 0 Å². The Bertz CT molecular complexity index is 529. The summed E-state index contributed by atoms with van der Waals surface area (Å²) in [5.41, 5.74) is 1.64. The zero-order valence-electron chi connectivity index (χ0n) is 13.3. The molecule has 1 unspecified atom stereocenters. The fourth-order valence-electron chi connectivity index (χ4n) is 2.60. The molecule has 114 valence electrons. The molecule has 0 bridgehead atoms. The maximum atomic E-state index is 12.1. The molecule has 1 fully saturated rings. The van der Waals surface area contributed by atoms with Crippen molar-refractivity contribution in [1.82, 2.24) is 10.2 Å². The quantitative estimate of drug-likeness (QED) is 0.909. The first kappa shape index (κ1) is 15.5. The zero-order chi connectivity index (χ0) is 15.6. The van der Waals surface area contributed by atoms with Crippen LogP contribution in [0.2, 0.25) is 0 Å². The van der Waals surface area contributed by atoms with Crippen molar-refractivity contribution in [3.05, 3.63) is 35.4 Å². The number of nitrogens with one attached hydrogen (secondary N) is 1. The molecule has 0 aromatic heterocycles. The van der Waals surface area contributed by atoms with E-state index in [1.54, 1.807) is 4.90 Å². The van der Waals surface area contributed by atoms with Crippen LogP contribution in [0.1, 0.15) is 55.5 Å². The zero-order valence-corrected chi connectivity index (χ0v) is 13.3. The minimum Gasteiger partial charge on any atom is -0.347 e. The predicted molar refractivity (Wildman–Crippen MR) is 83.3 cm³/mol. The lowest BCUT2D eigenvalue weighted by Gasteiger charge is -2.30. The molecule has 0 saturated carbocycles. The molecule has 1 atom stereocenters. The number of amides is 2. The van der Waals surface area contributed by atoms with Crippen LogP contribution in [0.4, 0.5) is 0 Å². The first-order valence-corrected chi connectivity index (χ1v) is 7.43. The molecule has 1 aromatic carbocycles. The number of carbonyl (C=O) groups is 2. The maximum absolute atomic E-state index is 12.1. The maximum Gasteiger partial charge on any atom is 0.251 e. The third kappa shape index (κ3) is 4.06. The number of carbonyl (C=O) groups excluding carboxylic acids is 2. The number of hydrogen-bond donors (Lipinski definition) is 1. The lowest BCUT2D eigenvalue weighted by atomic mass is 9.90. The van der Waals surface area contributed by atoms with E-state index in [4.69, 9.17) is 0 Å². The Balaban J connectivity index is 2.05. The Morgan fingerprint density at radius 2 is 1.86 bits per heavy atom. The highest BCUT2D eigenvalue weighted by Crippen LogP contribution is 2.27. The van der Waals surface area contributed by atoms with Crippen LogP contribution < -0.4 is 5.32 Å². The fourth-order valence-corrected chi connectivity index (χ4v) is 2.60. The molecule has 1 aromatic rings. The molecule has 0 spiro atoms. The van der Waals surface area contributed by atoms with Gasteiger partial charge < -0.3 is 10.2 Å². The largest absolute Gasteiger partial charge is 0.347 e. The van der Waals surface area contributed by atoms with Crippen LogP contribution in [0, 0.1) is 0 Å². The first-order chi connectivity index (χ1) is 9.76. The summed E-state index contributed by atoms with van der Waals surface area (Å²) < 4.78 is 0. The molecule has 2 rings (SSSR count). The third-order valence-corrected chi connectivity index (χ3v) is 3.76. The van der Waals surface area contributed by atoms with E-state index in [2.05, 4.69) is 5.32 Å². The molecule has 0 radical (unpaired) electrons. The van der Waals surface area contributed by atoms with Crippen LogP contribution in [0.15, 0.2) is 24.3 Å². The van der Waals surface area contributed by atoms with Gasteiger partial charge >= 0.3 is 0 Å². The average Bonchev–Trinajstić information content (AvgIpc) is 2.40. The fraction of sp³-hybridized carbons (Fsp3) is 0.529. The van der Waals surface area contributed by atoms with E-state index in [1.807, 2.05) is 52.1 Å². The summed E-state index contributed by atoms with van der Waals surface area (Å²) in [5, 5.41) is 2.96. The second-order valence-corrected chi connectivity index (χ2v) is 6.84. The van der Waals surface area contributed by atoms with Crippen LogP contribution >= 0.6 is 0 Å². The highest BCUT2D eigenvalue weighted by Gasteiger charge is 2.24. The lowest BCUT2D eigenvalue weighted by molar-refractivity contribution is -0.132. The van der Waals surface area contributed by atoms with Gasteiger partial charge in [0.2, 0.25) is 5.91 Å². The van der Waals surface area contributed by atoms with Gasteiger partial charge in [-0.1, -0.05) is 12.1 Å². The Morgan fingerprint density at radius 1 is 1.24 bits per heavy atom. The van der Waals surface area contributed by atoms with Crippen molar-refractivity contribution in [2.45, 2.75) is 45.1 Å². The summed E-state index contributed by atoms with van der Waals surface area (Å²) in [5.74, 6) is 0.532. The van der Waals surface area contributed by atoms with E-state index in [0.29, 0.717) is 17.9 Å². The molecule has 21 heavy (non-hydrogen) atoms. The van der Waals surface area contributed by atoms with Gasteiger partial charge in [0, 0.05) is 37.0 Å². The van der Waals surface area contributed by atoms with Crippen molar-refractivity contribution >= 4 is 11.8 Å². The summed E-state index contributed by atoms with van der Waals surface area (Å²) in [6.45, 7) is 6.66. The van der Waals surface area contributed by atoms with Gasteiger partial charge in [-0.3, -0.25) is 9.59 Å². The van der Waals surface area contributed by atoms with Gasteiger partial charge in [0.1, 0.15) is 0 Å². The normalized spacial score (nSPS) is 19.5. The molecule has 1 saturated heterocycles. The minimum absolute atomic E-state index is 0.0509. The second-order valence-electron chi connectivity index (χ2n) is 6.84. The molecule has 1 heterocycles. The second kappa shape index (κ2) is 5.88. The van der Waals surface area contributed by atoms with Crippen molar-refractivity contribution in [3.8, 4) is 0 Å². The van der Waals surface area contributed by atoms with E-state index in [-0.39, 0.29) is 17.4 Å². The minimum atomic E-state index is -0.234. The molecule has 1 aliphatic rings. The van der Waals surface area contributed by atoms with Gasteiger partial charge in [-0.2, -0.15) is 0 Å². The Hall–Kier alpha value is -1.84. The number of benzene rings is 1. The number of rotatable bonds is 2. The summed E-state index contributed by atoms with van der Waals surface area (Å²) in [6, 6.07) is 7.75. The predicted octanol–water partition coefficient (Wildman–Crippen LogP) is 2.55. The van der Waals surface area contributed by atoms with Crippen molar-refractivity contribution in [2.75, 3.05) is 13.6 Å². The molecule has 4 nitrogen and oxygen atoms in total. The first-order valence-electron chi connectivity index (χ1n) is 7.43. The molecule has 1 N–H and O–H groups in total. The topological polar surface area (TPSA) is 49.4 Å². The van der Waals surface area contributed by atoms with Crippen LogP contribution in [0.5, 0.6) is 0 Å². The summed E-state index contributed by atoms with van der Waals surface area (Å²) in [7, 11) is 1.85. The molecular weight excluding hydrogens is 264 g/mol. The van der Waals surface area contributed by atoms with E-state index in [1.165, 1.54) is 5.56 Å². The summed E-state index contributed by atoms with van der Waals surface area (Å²) in [6.07, 6.45) is 1.49. The van der Waals surface area contributed by atoms with E-state index in [0.717, 1.165) is 13.0 Å². The van der Waals surface area contributed by atoms with Gasteiger partial charge in [0.05, 0.1) is 0 Å². The smallest absolute Gasteiger partial charge is 0.251 e. The van der Waals surface area contributed by atoms with Crippen LogP contribution in [0.25, 0.3) is 0 Å². The standard InChI is InChI=1S/C17H24N2O2/c1-17(2,3)18-16(21)13-7-5-12(6-8-13)14-9-10-15(20)19(4)11-14/h5-8,14H,9-11H2,1-4H3,(H,18,21). The Kier molecular flexibility index (Phi) is 4.35. The monoisotopic (exact) mass is 288 g/mol. The number of nitrogens with zero attached hydrogens (tertiary/aromatic N) is 1. The Labute approximate surface area is 126 Å². The molecule has 2 amide bonds. The average molecular weight is 288 g/mol. The summed E-state index contributed by atoms with van der Waals surface area (Å²) >= 11 is 0. The van der Waals surface area contributed by atoms with Gasteiger partial charge in [-0.25, -0.2) is 0 Å². The van der Waals surface area contributed by atoms with E-state index < -0.39 is 0 Å². The molecule has 1 aliphatic heterocycles. The van der Waals surface area contributed by atoms with Crippen molar-refractivity contribution < 1.29 is 9.59 Å². The van der Waals surface area contributed by atoms with Crippen LogP contribution in [0.3, 0.4) is 0 Å². The van der Waals surface area contributed by atoms with E-state index in [9.17, 15) is 9.59 Å². The van der Waals surface area contributed by atoms with Crippen molar-refractivity contribution in [3.63, 3.8) is 0 Å². The molecule has 0 aliphatic carbocycles. The number of hydrogen-bond acceptors (Lipinski definition) is 2. The highest BCUT2D eigenvalue weighted by molar-refractivity contribution is 5.94. The Morgan fingerprint density at radius 3 is 2.38 bits per heavy atom. The lowest BCUT2D eigenvalue weighted by Crippen LogP contribution is -2.40. The van der Waals surface area contributed by atoms with Gasteiger partial charge in [-0.15, -0.1) is 0 Å². The number of likely N-dealkylation sites (N-methyl/N-ethyl adjacent to an activating group) is 1. The van der Waals surface area contributed by atoms with Crippen molar-refractivity contribution in [1.29, 1.82) is 0 Å². The van der Waals surface area contributed by atoms with Gasteiger partial charge in [0.15, 0.2) is 0 Å². The van der Waals surface area contributed by atoms with Crippen LogP contribution in [-0.4, -0.2) is 35.8 Å². The molecular formula is C17H24N2O2. The van der Waals surface area contributed by atoms with Gasteiger partial charge in [-0.05, 0) is 44.9 Å². The summed E-state index contributed by atoms with van der Waals surface area (Å²) in [4.78, 5) is 25.4. The third-order valence-electron chi connectivity index (χ3n) is 3.76. The van der Waals surface area contributed by atoms with Gasteiger partial charge in [0.25, 0.3) is 5.91 Å². The molecule has 4 heteroatoms.